The highest BCUT2D eigenvalue weighted by Gasteiger charge is 2.29. The summed E-state index contributed by atoms with van der Waals surface area (Å²) in [6, 6.07) is 15.3. The van der Waals surface area contributed by atoms with Crippen LogP contribution in [0, 0.1) is 11.3 Å². The van der Waals surface area contributed by atoms with Gasteiger partial charge in [0.05, 0.1) is 22.5 Å². The van der Waals surface area contributed by atoms with Crippen LogP contribution >= 0.6 is 0 Å². The van der Waals surface area contributed by atoms with Gasteiger partial charge in [0.25, 0.3) is 5.56 Å². The standard InChI is InChI=1S/C22H21N7O/c1-24-17-8-9-19-18(12-17)21(30)29(22-26-25-14-28(19)22)20(27-10-2-3-11-27)16-6-4-15(13-23)5-7-16/h4-9,12,14,20,24H,2-3,10-11H2,1H3. The number of hydrogen-bond donors (Lipinski definition) is 1. The van der Waals surface area contributed by atoms with Crippen molar-refractivity contribution in [1.82, 2.24) is 24.1 Å². The van der Waals surface area contributed by atoms with Crippen molar-refractivity contribution in [2.75, 3.05) is 25.5 Å². The van der Waals surface area contributed by atoms with Gasteiger partial charge in [0.2, 0.25) is 5.78 Å². The van der Waals surface area contributed by atoms with Gasteiger partial charge < -0.3 is 5.32 Å². The van der Waals surface area contributed by atoms with Crippen molar-refractivity contribution in [2.45, 2.75) is 19.0 Å². The molecule has 8 heteroatoms. The lowest BCUT2D eigenvalue weighted by atomic mass is 10.1. The summed E-state index contributed by atoms with van der Waals surface area (Å²) in [5.74, 6) is 0.506. The molecule has 3 heterocycles. The maximum absolute atomic E-state index is 13.8. The molecular formula is C22H21N7O. The first-order chi connectivity index (χ1) is 14.7. The molecule has 0 saturated carbocycles. The van der Waals surface area contributed by atoms with Crippen LogP contribution in [0.2, 0.25) is 0 Å². The van der Waals surface area contributed by atoms with Gasteiger partial charge in [0.1, 0.15) is 12.5 Å². The van der Waals surface area contributed by atoms with E-state index in [4.69, 9.17) is 0 Å². The molecule has 8 nitrogen and oxygen atoms in total. The van der Waals surface area contributed by atoms with E-state index in [1.165, 1.54) is 0 Å². The molecule has 0 bridgehead atoms. The first kappa shape index (κ1) is 18.3. The number of aromatic nitrogens is 4. The molecule has 30 heavy (non-hydrogen) atoms. The van der Waals surface area contributed by atoms with Gasteiger partial charge in [-0.1, -0.05) is 12.1 Å². The third-order valence-corrected chi connectivity index (χ3v) is 5.81. The van der Waals surface area contributed by atoms with Crippen LogP contribution in [0.1, 0.15) is 30.1 Å². The Bertz CT molecular complexity index is 1320. The monoisotopic (exact) mass is 399 g/mol. The van der Waals surface area contributed by atoms with Crippen LogP contribution in [0.25, 0.3) is 16.7 Å². The van der Waals surface area contributed by atoms with Crippen LogP contribution in [0.15, 0.2) is 53.6 Å². The van der Waals surface area contributed by atoms with Crippen molar-refractivity contribution in [1.29, 1.82) is 5.26 Å². The maximum Gasteiger partial charge on any atom is 0.264 e. The number of anilines is 1. The smallest absolute Gasteiger partial charge is 0.264 e. The Kier molecular flexibility index (Phi) is 4.45. The predicted molar refractivity (Wildman–Crippen MR) is 114 cm³/mol. The number of nitrogens with zero attached hydrogens (tertiary/aromatic N) is 6. The zero-order chi connectivity index (χ0) is 20.7. The van der Waals surface area contributed by atoms with Gasteiger partial charge in [0, 0.05) is 25.8 Å². The molecule has 0 radical (unpaired) electrons. The minimum Gasteiger partial charge on any atom is -0.388 e. The van der Waals surface area contributed by atoms with Gasteiger partial charge >= 0.3 is 0 Å². The molecule has 0 spiro atoms. The van der Waals surface area contributed by atoms with Crippen LogP contribution in [-0.2, 0) is 0 Å². The normalized spacial score (nSPS) is 15.5. The van der Waals surface area contributed by atoms with Gasteiger partial charge in [-0.05, 0) is 48.7 Å². The molecule has 1 aliphatic rings. The van der Waals surface area contributed by atoms with E-state index >= 15 is 0 Å². The van der Waals surface area contributed by atoms with Crippen molar-refractivity contribution in [2.24, 2.45) is 0 Å². The van der Waals surface area contributed by atoms with Gasteiger partial charge in [-0.3, -0.25) is 18.7 Å². The zero-order valence-corrected chi connectivity index (χ0v) is 16.6. The second kappa shape index (κ2) is 7.28. The van der Waals surface area contributed by atoms with E-state index < -0.39 is 0 Å². The number of likely N-dealkylation sites (tertiary alicyclic amines) is 1. The number of benzene rings is 2. The molecule has 5 rings (SSSR count). The summed E-state index contributed by atoms with van der Waals surface area (Å²) in [7, 11) is 1.83. The van der Waals surface area contributed by atoms with Crippen molar-refractivity contribution < 1.29 is 0 Å². The molecule has 2 aromatic heterocycles. The predicted octanol–water partition coefficient (Wildman–Crippen LogP) is 2.60. The van der Waals surface area contributed by atoms with Crippen molar-refractivity contribution >= 4 is 22.4 Å². The first-order valence-corrected chi connectivity index (χ1v) is 10.0. The van der Waals surface area contributed by atoms with E-state index in [1.54, 1.807) is 23.0 Å². The average molecular weight is 399 g/mol. The van der Waals surface area contributed by atoms with Gasteiger partial charge in [-0.15, -0.1) is 10.2 Å². The van der Waals surface area contributed by atoms with E-state index in [0.29, 0.717) is 16.7 Å². The summed E-state index contributed by atoms with van der Waals surface area (Å²) < 4.78 is 3.60. The van der Waals surface area contributed by atoms with E-state index in [2.05, 4.69) is 26.5 Å². The molecule has 1 unspecified atom stereocenters. The second-order valence-corrected chi connectivity index (χ2v) is 7.51. The maximum atomic E-state index is 13.8. The van der Waals surface area contributed by atoms with Gasteiger partial charge in [-0.2, -0.15) is 5.26 Å². The summed E-state index contributed by atoms with van der Waals surface area (Å²) in [6.07, 6.45) is 3.50. The zero-order valence-electron chi connectivity index (χ0n) is 16.6. The second-order valence-electron chi connectivity index (χ2n) is 7.51. The molecule has 1 saturated heterocycles. The van der Waals surface area contributed by atoms with Crippen molar-refractivity contribution in [3.05, 3.63) is 70.3 Å². The molecule has 0 amide bonds. The molecule has 1 fully saturated rings. The SMILES string of the molecule is CNc1ccc2c(c1)c(=O)n(C(c1ccc(C#N)cc1)N1CCCC1)c1nncn21. The molecule has 4 aromatic rings. The first-order valence-electron chi connectivity index (χ1n) is 10.0. The fourth-order valence-electron chi connectivity index (χ4n) is 4.32. The lowest BCUT2D eigenvalue weighted by molar-refractivity contribution is 0.213. The molecule has 0 aliphatic carbocycles. The highest BCUT2D eigenvalue weighted by Crippen LogP contribution is 2.29. The van der Waals surface area contributed by atoms with Crippen LogP contribution in [0.4, 0.5) is 5.69 Å². The molecule has 1 atom stereocenters. The minimum atomic E-state index is -0.318. The van der Waals surface area contributed by atoms with E-state index in [1.807, 2.05) is 41.8 Å². The van der Waals surface area contributed by atoms with E-state index in [-0.39, 0.29) is 11.7 Å². The topological polar surface area (TPSA) is 91.2 Å². The Hall–Kier alpha value is -3.70. The van der Waals surface area contributed by atoms with E-state index in [0.717, 1.165) is 42.7 Å². The lowest BCUT2D eigenvalue weighted by Gasteiger charge is -2.30. The molecule has 2 aromatic carbocycles. The van der Waals surface area contributed by atoms with Crippen LogP contribution < -0.4 is 10.9 Å². The third-order valence-electron chi connectivity index (χ3n) is 5.81. The number of nitrogens with one attached hydrogen (secondary N) is 1. The third kappa shape index (κ3) is 2.83. The fraction of sp³-hybridized carbons (Fsp3) is 0.273. The average Bonchev–Trinajstić information content (AvgIpc) is 3.49. The largest absolute Gasteiger partial charge is 0.388 e. The van der Waals surface area contributed by atoms with Crippen molar-refractivity contribution in [3.63, 3.8) is 0 Å². The summed E-state index contributed by atoms with van der Waals surface area (Å²) in [4.78, 5) is 16.1. The Morgan fingerprint density at radius 2 is 1.90 bits per heavy atom. The number of rotatable bonds is 4. The summed E-state index contributed by atoms with van der Waals surface area (Å²) in [6.45, 7) is 1.79. The summed E-state index contributed by atoms with van der Waals surface area (Å²) >= 11 is 0. The molecule has 1 N–H and O–H groups in total. The molecule has 1 aliphatic heterocycles. The van der Waals surface area contributed by atoms with Crippen molar-refractivity contribution in [3.8, 4) is 6.07 Å². The Labute approximate surface area is 173 Å². The van der Waals surface area contributed by atoms with Crippen LogP contribution in [0.3, 0.4) is 0 Å². The Morgan fingerprint density at radius 3 is 2.60 bits per heavy atom. The van der Waals surface area contributed by atoms with Gasteiger partial charge in [-0.25, -0.2) is 0 Å². The number of fused-ring (bicyclic) bond motifs is 3. The summed E-state index contributed by atoms with van der Waals surface area (Å²) in [5, 5.41) is 21.3. The number of nitriles is 1. The lowest BCUT2D eigenvalue weighted by Crippen LogP contribution is -2.38. The Morgan fingerprint density at radius 1 is 1.13 bits per heavy atom. The highest BCUT2D eigenvalue weighted by atomic mass is 16.1. The van der Waals surface area contributed by atoms with Gasteiger partial charge in [0.15, 0.2) is 0 Å². The van der Waals surface area contributed by atoms with E-state index in [9.17, 15) is 10.1 Å². The van der Waals surface area contributed by atoms with Crippen LogP contribution in [-0.4, -0.2) is 44.2 Å². The summed E-state index contributed by atoms with van der Waals surface area (Å²) in [5.41, 5.74) is 3.08. The molecule has 150 valence electrons. The highest BCUT2D eigenvalue weighted by molar-refractivity contribution is 5.83. The number of hydrogen-bond acceptors (Lipinski definition) is 6. The quantitative estimate of drug-likeness (QED) is 0.567. The molecular weight excluding hydrogens is 378 g/mol. The van der Waals surface area contributed by atoms with Crippen LogP contribution in [0.5, 0.6) is 0 Å². The minimum absolute atomic E-state index is 0.108. The Balaban J connectivity index is 1.82. The fourth-order valence-corrected chi connectivity index (χ4v) is 4.32.